The van der Waals surface area contributed by atoms with Gasteiger partial charge in [-0.05, 0) is 12.8 Å². The fourth-order valence-corrected chi connectivity index (χ4v) is 1.64. The second-order valence-corrected chi connectivity index (χ2v) is 4.08. The van der Waals surface area contributed by atoms with Gasteiger partial charge in [-0.1, -0.05) is 0 Å². The fourth-order valence-electron chi connectivity index (χ4n) is 1.64. The molecule has 1 fully saturated rings. The number of carbonyl (C=O) groups is 2. The molecular weight excluding hydrogens is 300 g/mol. The van der Waals surface area contributed by atoms with Gasteiger partial charge >= 0.3 is 30.0 Å². The van der Waals surface area contributed by atoms with Crippen molar-refractivity contribution in [2.24, 2.45) is 0 Å². The van der Waals surface area contributed by atoms with Crippen LogP contribution in [0.3, 0.4) is 0 Å². The number of aliphatic carboxylic acids is 1. The SMILES string of the molecule is O=C(O)CCCC1NC(C(F)(F)F)(C(F)(F)F)OC1=O. The molecule has 1 saturated heterocycles. The molecule has 0 amide bonds. The van der Waals surface area contributed by atoms with Crippen molar-refractivity contribution in [3.63, 3.8) is 0 Å². The van der Waals surface area contributed by atoms with Gasteiger partial charge < -0.3 is 9.84 Å². The Morgan fingerprint density at radius 2 is 1.75 bits per heavy atom. The van der Waals surface area contributed by atoms with Crippen molar-refractivity contribution in [1.29, 1.82) is 0 Å². The molecule has 0 aromatic rings. The highest BCUT2D eigenvalue weighted by atomic mass is 19.4. The third-order valence-electron chi connectivity index (χ3n) is 2.60. The lowest BCUT2D eigenvalue weighted by Crippen LogP contribution is -2.65. The number of esters is 1. The van der Waals surface area contributed by atoms with Gasteiger partial charge in [-0.3, -0.25) is 14.9 Å². The minimum atomic E-state index is -5.89. The summed E-state index contributed by atoms with van der Waals surface area (Å²) in [5.41, 5.74) is -4.75. The van der Waals surface area contributed by atoms with Crippen LogP contribution in [0.5, 0.6) is 0 Å². The van der Waals surface area contributed by atoms with Gasteiger partial charge in [0.1, 0.15) is 6.04 Å². The lowest BCUT2D eigenvalue weighted by atomic mass is 10.1. The zero-order chi connectivity index (χ0) is 15.8. The van der Waals surface area contributed by atoms with Crippen LogP contribution in [-0.4, -0.2) is 41.2 Å². The number of hydrogen-bond donors (Lipinski definition) is 2. The molecule has 1 heterocycles. The summed E-state index contributed by atoms with van der Waals surface area (Å²) in [5.74, 6) is -3.00. The zero-order valence-electron chi connectivity index (χ0n) is 9.64. The molecule has 0 radical (unpaired) electrons. The van der Waals surface area contributed by atoms with Gasteiger partial charge in [0.2, 0.25) is 0 Å². The van der Waals surface area contributed by atoms with E-state index in [0.717, 1.165) is 5.32 Å². The summed E-state index contributed by atoms with van der Waals surface area (Å²) in [6.07, 6.45) is -13.0. The summed E-state index contributed by atoms with van der Waals surface area (Å²) in [4.78, 5) is 21.3. The van der Waals surface area contributed by atoms with Gasteiger partial charge in [0.05, 0.1) is 0 Å². The number of hydrogen-bond acceptors (Lipinski definition) is 4. The van der Waals surface area contributed by atoms with E-state index in [1.54, 1.807) is 0 Å². The number of carboxylic acid groups (broad SMARTS) is 1. The number of rotatable bonds is 4. The van der Waals surface area contributed by atoms with Gasteiger partial charge in [-0.25, -0.2) is 0 Å². The van der Waals surface area contributed by atoms with Crippen LogP contribution >= 0.6 is 0 Å². The standard InChI is InChI=1S/C9H9F6NO4/c10-8(11,12)7(9(13,14)15)16-4(6(19)20-7)2-1-3-5(17)18/h4,16H,1-3H2,(H,17,18). The topological polar surface area (TPSA) is 75.6 Å². The Balaban J connectivity index is 2.88. The predicted octanol–water partition coefficient (Wildman–Crippen LogP) is 1.58. The number of ether oxygens (including phenoxy) is 1. The maximum atomic E-state index is 12.6. The Morgan fingerprint density at radius 3 is 2.10 bits per heavy atom. The third kappa shape index (κ3) is 2.97. The number of carboxylic acids is 1. The van der Waals surface area contributed by atoms with E-state index in [2.05, 4.69) is 4.74 Å². The molecule has 0 bridgehead atoms. The first kappa shape index (κ1) is 16.5. The Morgan fingerprint density at radius 1 is 1.25 bits per heavy atom. The highest BCUT2D eigenvalue weighted by Crippen LogP contribution is 2.47. The Kier molecular flexibility index (Phi) is 4.22. The van der Waals surface area contributed by atoms with Gasteiger partial charge in [0, 0.05) is 6.42 Å². The lowest BCUT2D eigenvalue weighted by Gasteiger charge is -2.31. The van der Waals surface area contributed by atoms with Crippen molar-refractivity contribution >= 4 is 11.9 Å². The first-order valence-electron chi connectivity index (χ1n) is 5.26. The summed E-state index contributed by atoms with van der Waals surface area (Å²) >= 11 is 0. The van der Waals surface area contributed by atoms with E-state index < -0.39 is 48.9 Å². The van der Waals surface area contributed by atoms with Gasteiger partial charge in [-0.15, -0.1) is 0 Å². The third-order valence-corrected chi connectivity index (χ3v) is 2.60. The molecule has 5 nitrogen and oxygen atoms in total. The van der Waals surface area contributed by atoms with Gasteiger partial charge in [-0.2, -0.15) is 26.3 Å². The summed E-state index contributed by atoms with van der Waals surface area (Å²) in [6.45, 7) is 0. The highest BCUT2D eigenvalue weighted by molar-refractivity contribution is 5.79. The van der Waals surface area contributed by atoms with E-state index in [4.69, 9.17) is 5.11 Å². The van der Waals surface area contributed by atoms with E-state index >= 15 is 0 Å². The van der Waals surface area contributed by atoms with Crippen LogP contribution in [0, 0.1) is 0 Å². The second-order valence-electron chi connectivity index (χ2n) is 4.08. The normalized spacial score (nSPS) is 22.7. The molecule has 1 atom stereocenters. The Hall–Kier alpha value is -1.52. The van der Waals surface area contributed by atoms with Crippen LogP contribution < -0.4 is 5.32 Å². The first-order chi connectivity index (χ1) is 8.91. The summed E-state index contributed by atoms with van der Waals surface area (Å²) in [5, 5.41) is 9.41. The van der Waals surface area contributed by atoms with Crippen LogP contribution in [0.2, 0.25) is 0 Å². The van der Waals surface area contributed by atoms with Gasteiger partial charge in [0.15, 0.2) is 0 Å². The average Bonchev–Trinajstić information content (AvgIpc) is 2.55. The predicted molar refractivity (Wildman–Crippen MR) is 49.3 cm³/mol. The fraction of sp³-hybridized carbons (Fsp3) is 0.778. The Labute approximate surface area is 107 Å². The summed E-state index contributed by atoms with van der Waals surface area (Å²) in [7, 11) is 0. The summed E-state index contributed by atoms with van der Waals surface area (Å²) < 4.78 is 78.8. The van der Waals surface area contributed by atoms with Crippen molar-refractivity contribution in [2.75, 3.05) is 0 Å². The van der Waals surface area contributed by atoms with Crippen molar-refractivity contribution in [1.82, 2.24) is 5.32 Å². The number of cyclic esters (lactones) is 1. The molecule has 0 spiro atoms. The monoisotopic (exact) mass is 309 g/mol. The van der Waals surface area contributed by atoms with E-state index in [1.807, 2.05) is 0 Å². The molecule has 0 aromatic heterocycles. The molecule has 2 N–H and O–H groups in total. The van der Waals surface area contributed by atoms with Crippen LogP contribution in [0.4, 0.5) is 26.3 Å². The molecule has 11 heteroatoms. The van der Waals surface area contributed by atoms with Crippen molar-refractivity contribution < 1.29 is 45.8 Å². The first-order valence-corrected chi connectivity index (χ1v) is 5.26. The molecule has 0 aromatic carbocycles. The second kappa shape index (κ2) is 5.11. The lowest BCUT2D eigenvalue weighted by molar-refractivity contribution is -0.369. The molecule has 116 valence electrons. The maximum Gasteiger partial charge on any atom is 0.452 e. The van der Waals surface area contributed by atoms with Crippen molar-refractivity contribution in [3.8, 4) is 0 Å². The van der Waals surface area contributed by atoms with Crippen LogP contribution in [0.15, 0.2) is 0 Å². The van der Waals surface area contributed by atoms with Crippen LogP contribution in [0.25, 0.3) is 0 Å². The maximum absolute atomic E-state index is 12.6. The van der Waals surface area contributed by atoms with Crippen molar-refractivity contribution in [2.45, 2.75) is 43.4 Å². The molecule has 1 aliphatic rings. The quantitative estimate of drug-likeness (QED) is 0.609. The number of halogens is 6. The minimum absolute atomic E-state index is 0.270. The zero-order valence-corrected chi connectivity index (χ0v) is 9.64. The van der Waals surface area contributed by atoms with E-state index in [-0.39, 0.29) is 6.42 Å². The van der Waals surface area contributed by atoms with Gasteiger partial charge in [0.25, 0.3) is 0 Å². The smallest absolute Gasteiger partial charge is 0.452 e. The number of nitrogens with one attached hydrogen (secondary N) is 1. The Bertz CT molecular complexity index is 390. The van der Waals surface area contributed by atoms with Crippen LogP contribution in [-0.2, 0) is 14.3 Å². The number of alkyl halides is 6. The molecule has 1 rings (SSSR count). The minimum Gasteiger partial charge on any atom is -0.481 e. The number of carbonyl (C=O) groups excluding carboxylic acids is 1. The summed E-state index contributed by atoms with van der Waals surface area (Å²) in [6, 6.07) is -1.86. The average molecular weight is 309 g/mol. The molecule has 0 aliphatic carbocycles. The molecule has 1 aliphatic heterocycles. The van der Waals surface area contributed by atoms with E-state index in [9.17, 15) is 35.9 Å². The molecule has 0 saturated carbocycles. The van der Waals surface area contributed by atoms with E-state index in [0.29, 0.717) is 0 Å². The highest BCUT2D eigenvalue weighted by Gasteiger charge is 2.78. The van der Waals surface area contributed by atoms with Crippen molar-refractivity contribution in [3.05, 3.63) is 0 Å². The molecular formula is C9H9F6NO4. The van der Waals surface area contributed by atoms with Crippen LogP contribution in [0.1, 0.15) is 19.3 Å². The molecule has 20 heavy (non-hydrogen) atoms. The van der Waals surface area contributed by atoms with E-state index in [1.165, 1.54) is 0 Å². The largest absolute Gasteiger partial charge is 0.481 e. The molecule has 1 unspecified atom stereocenters.